The van der Waals surface area contributed by atoms with Gasteiger partial charge in [0.2, 0.25) is 5.91 Å². The van der Waals surface area contributed by atoms with Gasteiger partial charge in [-0.2, -0.15) is 0 Å². The van der Waals surface area contributed by atoms with Crippen LogP contribution in [0.4, 0.5) is 5.82 Å². The SMILES string of the molecule is CN1C=c2sc(C(=O)N[C@@H]3C[C@@H](C(=O)N(C)C)CC[C@@H]3NC(=O)C(=O)Nc3ccc(Cl)cn3)nc2=CC1. The maximum absolute atomic E-state index is 13.1. The Morgan fingerprint density at radius 3 is 2.59 bits per heavy atom. The van der Waals surface area contributed by atoms with Crippen molar-refractivity contribution in [3.8, 4) is 0 Å². The molecule has 1 aliphatic carbocycles. The fourth-order valence-electron chi connectivity index (χ4n) is 4.34. The Hall–Kier alpha value is -3.51. The first kappa shape index (κ1) is 26.6. The molecule has 1 aliphatic heterocycles. The van der Waals surface area contributed by atoms with Crippen LogP contribution in [0.2, 0.25) is 5.02 Å². The molecule has 13 heteroatoms. The number of hydrogen-bond donors (Lipinski definition) is 3. The summed E-state index contributed by atoms with van der Waals surface area (Å²) in [6.07, 6.45) is 6.48. The Bertz CT molecular complexity index is 1330. The molecule has 3 heterocycles. The number of hydrogen-bond acceptors (Lipinski definition) is 8. The third-order valence-electron chi connectivity index (χ3n) is 6.23. The number of anilines is 1. The van der Waals surface area contributed by atoms with E-state index >= 15 is 0 Å². The van der Waals surface area contributed by atoms with Crippen LogP contribution in [0.5, 0.6) is 0 Å². The summed E-state index contributed by atoms with van der Waals surface area (Å²) < 4.78 is 0.889. The van der Waals surface area contributed by atoms with Crippen LogP contribution in [-0.4, -0.2) is 83.2 Å². The Morgan fingerprint density at radius 1 is 1.11 bits per heavy atom. The van der Waals surface area contributed by atoms with Crippen LogP contribution in [0.3, 0.4) is 0 Å². The summed E-state index contributed by atoms with van der Waals surface area (Å²) in [5, 5.41) is 9.55. The second-order valence-corrected chi connectivity index (χ2v) is 10.7. The Balaban J connectivity index is 1.48. The fraction of sp³-hybridized carbons (Fsp3) is 0.417. The molecule has 0 aromatic carbocycles. The van der Waals surface area contributed by atoms with Crippen molar-refractivity contribution in [3.05, 3.63) is 38.2 Å². The number of fused-ring (bicyclic) bond motifs is 1. The van der Waals surface area contributed by atoms with Crippen molar-refractivity contribution in [2.75, 3.05) is 33.0 Å². The van der Waals surface area contributed by atoms with Crippen LogP contribution in [0.15, 0.2) is 18.3 Å². The van der Waals surface area contributed by atoms with E-state index in [9.17, 15) is 19.2 Å². The Labute approximate surface area is 222 Å². The van der Waals surface area contributed by atoms with E-state index in [0.717, 1.165) is 9.88 Å². The van der Waals surface area contributed by atoms with Gasteiger partial charge in [-0.05, 0) is 37.5 Å². The number of carbonyl (C=O) groups is 4. The number of aromatic nitrogens is 2. The van der Waals surface area contributed by atoms with E-state index in [4.69, 9.17) is 11.6 Å². The van der Waals surface area contributed by atoms with Crippen LogP contribution in [-0.2, 0) is 14.4 Å². The summed E-state index contributed by atoms with van der Waals surface area (Å²) in [6.45, 7) is 0.705. The third kappa shape index (κ3) is 6.44. The normalized spacial score (nSPS) is 20.5. The Kier molecular flexibility index (Phi) is 8.08. The molecule has 0 unspecified atom stereocenters. The molecular weight excluding hydrogens is 518 g/mol. The van der Waals surface area contributed by atoms with Crippen LogP contribution < -0.4 is 25.8 Å². The van der Waals surface area contributed by atoms with Crippen molar-refractivity contribution in [3.63, 3.8) is 0 Å². The molecule has 0 radical (unpaired) electrons. The highest BCUT2D eigenvalue weighted by Gasteiger charge is 2.37. The minimum atomic E-state index is -0.894. The average Bonchev–Trinajstić information content (AvgIpc) is 3.29. The fourth-order valence-corrected chi connectivity index (χ4v) is 5.42. The highest BCUT2D eigenvalue weighted by molar-refractivity contribution is 7.11. The second kappa shape index (κ2) is 11.3. The molecule has 2 aromatic heterocycles. The summed E-state index contributed by atoms with van der Waals surface area (Å²) in [6, 6.07) is 1.90. The maximum atomic E-state index is 13.1. The molecule has 4 rings (SSSR count). The molecule has 11 nitrogen and oxygen atoms in total. The topological polar surface area (TPSA) is 137 Å². The van der Waals surface area contributed by atoms with Crippen LogP contribution in [0, 0.1) is 5.92 Å². The van der Waals surface area contributed by atoms with Crippen LogP contribution in [0.1, 0.15) is 29.1 Å². The van der Waals surface area contributed by atoms with Crippen LogP contribution >= 0.6 is 22.9 Å². The number of thiazole rings is 1. The van der Waals surface area contributed by atoms with Gasteiger partial charge in [-0.25, -0.2) is 9.97 Å². The molecule has 2 aromatic rings. The second-order valence-electron chi connectivity index (χ2n) is 9.26. The van der Waals surface area contributed by atoms with Gasteiger partial charge in [-0.3, -0.25) is 19.2 Å². The highest BCUT2D eigenvalue weighted by atomic mass is 35.5. The molecular formula is C24H28ClN7O4S. The molecule has 0 saturated heterocycles. The first-order valence-electron chi connectivity index (χ1n) is 11.7. The van der Waals surface area contributed by atoms with E-state index in [0.29, 0.717) is 35.8 Å². The quantitative estimate of drug-likeness (QED) is 0.441. The molecule has 1 saturated carbocycles. The average molecular weight is 546 g/mol. The van der Waals surface area contributed by atoms with E-state index in [1.54, 1.807) is 20.2 Å². The van der Waals surface area contributed by atoms with E-state index in [1.165, 1.54) is 28.5 Å². The van der Waals surface area contributed by atoms with Gasteiger partial charge in [-0.15, -0.1) is 11.3 Å². The van der Waals surface area contributed by atoms with Crippen molar-refractivity contribution in [1.29, 1.82) is 0 Å². The van der Waals surface area contributed by atoms with Crippen molar-refractivity contribution in [1.82, 2.24) is 30.4 Å². The van der Waals surface area contributed by atoms with Gasteiger partial charge in [-0.1, -0.05) is 11.6 Å². The predicted octanol–water partition coefficient (Wildman–Crippen LogP) is -0.234. The lowest BCUT2D eigenvalue weighted by molar-refractivity contribution is -0.137. The van der Waals surface area contributed by atoms with Gasteiger partial charge >= 0.3 is 11.8 Å². The maximum Gasteiger partial charge on any atom is 0.314 e. The van der Waals surface area contributed by atoms with E-state index in [-0.39, 0.29) is 23.6 Å². The number of carbonyl (C=O) groups excluding carboxylic acids is 4. The summed E-state index contributed by atoms with van der Waals surface area (Å²) in [5.74, 6) is -2.33. The number of nitrogens with one attached hydrogen (secondary N) is 3. The van der Waals surface area contributed by atoms with E-state index < -0.39 is 23.9 Å². The monoisotopic (exact) mass is 545 g/mol. The van der Waals surface area contributed by atoms with Gasteiger partial charge in [0.05, 0.1) is 20.9 Å². The zero-order valence-corrected chi connectivity index (χ0v) is 22.2. The molecule has 3 N–H and O–H groups in total. The number of amides is 4. The van der Waals surface area contributed by atoms with Crippen LogP contribution in [0.25, 0.3) is 12.3 Å². The standard InChI is InChI=1S/C24H28ClN7O4S/c1-31(2)24(36)13-4-6-15(27-20(33)21(34)30-19-7-5-14(25)11-26-19)17(10-13)28-22(35)23-29-16-8-9-32(3)12-18(16)37-23/h5,7-8,11-13,15,17H,4,6,9-10H2,1-3H3,(H,27,33)(H,28,35)(H,26,30,34)/t13-,15-,17+/m0/s1. The van der Waals surface area contributed by atoms with Crippen molar-refractivity contribution < 1.29 is 19.2 Å². The first-order chi connectivity index (χ1) is 17.6. The highest BCUT2D eigenvalue weighted by Crippen LogP contribution is 2.26. The number of pyridine rings is 1. The zero-order valence-electron chi connectivity index (χ0n) is 20.7. The largest absolute Gasteiger partial charge is 0.375 e. The molecule has 0 bridgehead atoms. The zero-order chi connectivity index (χ0) is 26.7. The molecule has 196 valence electrons. The van der Waals surface area contributed by atoms with Gasteiger partial charge in [0.25, 0.3) is 5.91 Å². The summed E-state index contributed by atoms with van der Waals surface area (Å²) in [7, 11) is 5.31. The smallest absolute Gasteiger partial charge is 0.314 e. The van der Waals surface area contributed by atoms with Gasteiger partial charge in [0, 0.05) is 52.0 Å². The Morgan fingerprint density at radius 2 is 1.89 bits per heavy atom. The van der Waals surface area contributed by atoms with E-state index in [2.05, 4.69) is 25.9 Å². The van der Waals surface area contributed by atoms with Gasteiger partial charge in [0.1, 0.15) is 5.82 Å². The van der Waals surface area contributed by atoms with Gasteiger partial charge < -0.3 is 25.8 Å². The van der Waals surface area contributed by atoms with Crippen molar-refractivity contribution in [2.45, 2.75) is 31.3 Å². The minimum Gasteiger partial charge on any atom is -0.375 e. The van der Waals surface area contributed by atoms with Crippen molar-refractivity contribution in [2.24, 2.45) is 5.92 Å². The summed E-state index contributed by atoms with van der Waals surface area (Å²) in [5.41, 5.74) is 0. The molecule has 37 heavy (non-hydrogen) atoms. The van der Waals surface area contributed by atoms with E-state index in [1.807, 2.05) is 24.2 Å². The van der Waals surface area contributed by atoms with Gasteiger partial charge in [0.15, 0.2) is 5.01 Å². The lowest BCUT2D eigenvalue weighted by Gasteiger charge is -2.37. The summed E-state index contributed by atoms with van der Waals surface area (Å²) in [4.78, 5) is 62.9. The number of halogens is 1. The number of nitrogens with zero attached hydrogens (tertiary/aromatic N) is 4. The predicted molar refractivity (Wildman–Crippen MR) is 140 cm³/mol. The first-order valence-corrected chi connectivity index (χ1v) is 12.9. The lowest BCUT2D eigenvalue weighted by Crippen LogP contribution is -2.57. The number of rotatable bonds is 5. The molecule has 4 amide bonds. The lowest BCUT2D eigenvalue weighted by atomic mass is 9.81. The molecule has 1 fully saturated rings. The van der Waals surface area contributed by atoms with Crippen molar-refractivity contribution >= 4 is 64.7 Å². The molecule has 0 spiro atoms. The third-order valence-corrected chi connectivity index (χ3v) is 7.46. The summed E-state index contributed by atoms with van der Waals surface area (Å²) >= 11 is 7.08. The molecule has 3 atom stereocenters. The molecule has 2 aliphatic rings. The minimum absolute atomic E-state index is 0.0486.